The van der Waals surface area contributed by atoms with E-state index in [4.69, 9.17) is 28.4 Å². The molecular weight excluding hydrogens is 765 g/mol. The van der Waals surface area contributed by atoms with Crippen molar-refractivity contribution in [2.45, 2.75) is 65.2 Å². The van der Waals surface area contributed by atoms with Crippen molar-refractivity contribution in [1.29, 1.82) is 0 Å². The van der Waals surface area contributed by atoms with Crippen LogP contribution in [0.15, 0.2) is 133 Å². The van der Waals surface area contributed by atoms with Crippen LogP contribution < -0.4 is 18.9 Å². The average molecular weight is 817 g/mol. The van der Waals surface area contributed by atoms with Gasteiger partial charge in [-0.3, -0.25) is 0 Å². The fourth-order valence-electron chi connectivity index (χ4n) is 5.46. The van der Waals surface area contributed by atoms with Gasteiger partial charge in [0, 0.05) is 12.2 Å². The van der Waals surface area contributed by atoms with E-state index in [0.717, 1.165) is 74.6 Å². The zero-order valence-electron chi connectivity index (χ0n) is 34.3. The molecule has 0 bridgehead atoms. The van der Waals surface area contributed by atoms with E-state index < -0.39 is 23.9 Å². The summed E-state index contributed by atoms with van der Waals surface area (Å²) in [6, 6.07) is 27.6. The molecule has 4 aromatic rings. The summed E-state index contributed by atoms with van der Waals surface area (Å²) in [5.74, 6) is 0.331. The minimum Gasteiger partial charge on any atom is -0.494 e. The van der Waals surface area contributed by atoms with Crippen LogP contribution in [0.5, 0.6) is 23.0 Å². The molecule has 0 atom stereocenters. The molecule has 0 saturated carbocycles. The van der Waals surface area contributed by atoms with Crippen molar-refractivity contribution < 1.29 is 47.6 Å². The summed E-state index contributed by atoms with van der Waals surface area (Å²) in [6.45, 7) is 12.3. The minimum atomic E-state index is -0.486. The highest BCUT2D eigenvalue weighted by atomic mass is 16.5. The summed E-state index contributed by atoms with van der Waals surface area (Å²) in [5.41, 5.74) is 3.74. The van der Waals surface area contributed by atoms with E-state index in [1.807, 2.05) is 13.8 Å². The van der Waals surface area contributed by atoms with Crippen molar-refractivity contribution in [3.05, 3.63) is 145 Å². The largest absolute Gasteiger partial charge is 0.494 e. The van der Waals surface area contributed by atoms with Gasteiger partial charge in [0.15, 0.2) is 0 Å². The maximum Gasteiger partial charge on any atom is 0.343 e. The highest BCUT2D eigenvalue weighted by Crippen LogP contribution is 2.20. The Labute approximate surface area is 351 Å². The van der Waals surface area contributed by atoms with Crippen molar-refractivity contribution in [1.82, 2.24) is 0 Å². The molecule has 0 saturated heterocycles. The van der Waals surface area contributed by atoms with Crippen molar-refractivity contribution in [3.8, 4) is 23.0 Å². The van der Waals surface area contributed by atoms with Gasteiger partial charge in [-0.25, -0.2) is 19.2 Å². The zero-order valence-corrected chi connectivity index (χ0v) is 34.3. The fourth-order valence-corrected chi connectivity index (χ4v) is 5.46. The molecule has 314 valence electrons. The SMILES string of the molecule is C=CC(=O)OCCCCCCOc1ccc(C(=O)Oc2ccc(C(C)=NN=C(C)c3ccc(OC(=O)c4ccc(OCCCCCCOC(=O)C=C)cc4)cc3)cc2)cc1. The van der Waals surface area contributed by atoms with Crippen molar-refractivity contribution in [3.63, 3.8) is 0 Å². The highest BCUT2D eigenvalue weighted by Gasteiger charge is 2.11. The number of nitrogens with zero attached hydrogens (tertiary/aromatic N) is 2. The molecule has 60 heavy (non-hydrogen) atoms. The second-order valence-corrected chi connectivity index (χ2v) is 13.5. The molecule has 12 heteroatoms. The molecule has 4 rings (SSSR count). The summed E-state index contributed by atoms with van der Waals surface area (Å²) in [6.07, 6.45) is 9.38. The number of esters is 4. The van der Waals surface area contributed by atoms with Crippen LogP contribution in [-0.4, -0.2) is 61.7 Å². The Hall–Kier alpha value is -6.82. The summed E-state index contributed by atoms with van der Waals surface area (Å²) in [4.78, 5) is 47.6. The van der Waals surface area contributed by atoms with E-state index in [0.29, 0.717) is 72.0 Å². The van der Waals surface area contributed by atoms with Crippen molar-refractivity contribution >= 4 is 35.3 Å². The topological polar surface area (TPSA) is 148 Å². The number of carbonyl (C=O) groups excluding carboxylic acids is 4. The maximum atomic E-state index is 12.8. The third-order valence-corrected chi connectivity index (χ3v) is 8.93. The van der Waals surface area contributed by atoms with Gasteiger partial charge in [0.05, 0.1) is 49.0 Å². The van der Waals surface area contributed by atoms with Gasteiger partial charge >= 0.3 is 23.9 Å². The second-order valence-electron chi connectivity index (χ2n) is 13.5. The first kappa shape index (κ1) is 45.9. The predicted molar refractivity (Wildman–Crippen MR) is 230 cm³/mol. The summed E-state index contributed by atoms with van der Waals surface area (Å²) >= 11 is 0. The first-order valence-electron chi connectivity index (χ1n) is 19.9. The third-order valence-electron chi connectivity index (χ3n) is 8.93. The van der Waals surface area contributed by atoms with Gasteiger partial charge in [0.25, 0.3) is 0 Å². The molecule has 0 radical (unpaired) electrons. The Morgan fingerprint density at radius 1 is 0.433 bits per heavy atom. The molecule has 0 aromatic heterocycles. The quantitative estimate of drug-likeness (QED) is 0.0158. The van der Waals surface area contributed by atoms with E-state index in [9.17, 15) is 19.2 Å². The molecule has 0 amide bonds. The van der Waals surface area contributed by atoms with Crippen LogP contribution in [0, 0.1) is 0 Å². The molecule has 4 aromatic carbocycles. The molecule has 0 unspecified atom stereocenters. The van der Waals surface area contributed by atoms with Gasteiger partial charge in [-0.2, -0.15) is 10.2 Å². The monoisotopic (exact) mass is 816 g/mol. The average Bonchev–Trinajstić information content (AvgIpc) is 3.27. The normalized spacial score (nSPS) is 11.2. The summed E-state index contributed by atoms with van der Waals surface area (Å²) in [5, 5.41) is 8.77. The van der Waals surface area contributed by atoms with Gasteiger partial charge in [0.2, 0.25) is 0 Å². The number of unbranched alkanes of at least 4 members (excludes halogenated alkanes) is 6. The van der Waals surface area contributed by atoms with Crippen molar-refractivity contribution in [2.75, 3.05) is 26.4 Å². The standard InChI is InChI=1S/C48H52N2O10/c1-5-45(51)57-33-13-9-7-11-31-55-41-23-19-39(20-24-41)47(53)59-43-27-15-37(16-28-43)35(3)49-50-36(4)38-17-29-44(30-18-38)60-48(54)40-21-25-42(26-22-40)56-32-12-8-10-14-34-58-46(52)6-2/h5-6,15-30H,1-2,7-14,31-34H2,3-4H3. The minimum absolute atomic E-state index is 0.388. The summed E-state index contributed by atoms with van der Waals surface area (Å²) in [7, 11) is 0. The van der Waals surface area contributed by atoms with E-state index in [-0.39, 0.29) is 0 Å². The van der Waals surface area contributed by atoms with Crippen LogP contribution in [0.3, 0.4) is 0 Å². The van der Waals surface area contributed by atoms with Crippen LogP contribution in [0.1, 0.15) is 97.1 Å². The van der Waals surface area contributed by atoms with Gasteiger partial charge in [0.1, 0.15) is 23.0 Å². The van der Waals surface area contributed by atoms with Crippen LogP contribution >= 0.6 is 0 Å². The fraction of sp³-hybridized carbons (Fsp3) is 0.292. The summed E-state index contributed by atoms with van der Waals surface area (Å²) < 4.78 is 32.6. The molecule has 0 N–H and O–H groups in total. The molecule has 12 nitrogen and oxygen atoms in total. The Morgan fingerprint density at radius 3 is 1.07 bits per heavy atom. The molecule has 0 aliphatic heterocycles. The van der Waals surface area contributed by atoms with Crippen LogP contribution in [-0.2, 0) is 19.1 Å². The molecule has 0 heterocycles. The number of hydrogen-bond acceptors (Lipinski definition) is 12. The third kappa shape index (κ3) is 16.6. The van der Waals surface area contributed by atoms with Crippen LogP contribution in [0.4, 0.5) is 0 Å². The Bertz CT molecular complexity index is 1920. The smallest absolute Gasteiger partial charge is 0.343 e. The van der Waals surface area contributed by atoms with E-state index in [2.05, 4.69) is 23.4 Å². The predicted octanol–water partition coefficient (Wildman–Crippen LogP) is 9.69. The second kappa shape index (κ2) is 25.5. The van der Waals surface area contributed by atoms with Gasteiger partial charge in [-0.1, -0.05) is 13.2 Å². The highest BCUT2D eigenvalue weighted by molar-refractivity contribution is 6.02. The number of ether oxygens (including phenoxy) is 6. The van der Waals surface area contributed by atoms with Gasteiger partial charge in [-0.15, -0.1) is 0 Å². The number of benzene rings is 4. The number of carbonyl (C=O) groups is 4. The molecule has 0 aliphatic carbocycles. The first-order chi connectivity index (χ1) is 29.1. The first-order valence-corrected chi connectivity index (χ1v) is 19.9. The van der Waals surface area contributed by atoms with Gasteiger partial charge in [-0.05, 0) is 173 Å². The van der Waals surface area contributed by atoms with Crippen LogP contribution in [0.2, 0.25) is 0 Å². The number of hydrogen-bond donors (Lipinski definition) is 0. The Morgan fingerprint density at radius 2 is 0.733 bits per heavy atom. The lowest BCUT2D eigenvalue weighted by molar-refractivity contribution is -0.138. The van der Waals surface area contributed by atoms with E-state index >= 15 is 0 Å². The maximum absolute atomic E-state index is 12.8. The Balaban J connectivity index is 1.16. The molecule has 0 spiro atoms. The van der Waals surface area contributed by atoms with E-state index in [1.165, 1.54) is 0 Å². The van der Waals surface area contributed by atoms with Crippen LogP contribution in [0.25, 0.3) is 0 Å². The lowest BCUT2D eigenvalue weighted by Gasteiger charge is -2.08. The number of rotatable bonds is 25. The zero-order chi connectivity index (χ0) is 43.0. The lowest BCUT2D eigenvalue weighted by Crippen LogP contribution is -2.08. The lowest BCUT2D eigenvalue weighted by atomic mass is 10.1. The molecular formula is C48H52N2O10. The Kier molecular flexibility index (Phi) is 19.5. The van der Waals surface area contributed by atoms with Gasteiger partial charge < -0.3 is 28.4 Å². The van der Waals surface area contributed by atoms with E-state index in [1.54, 1.807) is 97.1 Å². The van der Waals surface area contributed by atoms with Crippen molar-refractivity contribution in [2.24, 2.45) is 10.2 Å². The molecule has 0 aliphatic rings. The molecule has 0 fully saturated rings.